The average Bonchev–Trinajstić information content (AvgIpc) is 2.86. The highest BCUT2D eigenvalue weighted by atomic mass is 32.1. The van der Waals surface area contributed by atoms with E-state index in [4.69, 9.17) is 5.73 Å². The molecule has 4 N–H and O–H groups in total. The number of aromatic nitrogens is 1. The third kappa shape index (κ3) is 3.33. The Morgan fingerprint density at radius 2 is 2.15 bits per heavy atom. The first-order valence-corrected chi connectivity index (χ1v) is 6.88. The van der Waals surface area contributed by atoms with Crippen LogP contribution in [0, 0.1) is 0 Å². The summed E-state index contributed by atoms with van der Waals surface area (Å²) in [5.74, 6) is -0.535. The van der Waals surface area contributed by atoms with Gasteiger partial charge in [0.15, 0.2) is 5.13 Å². The maximum atomic E-state index is 11.9. The third-order valence-electron chi connectivity index (χ3n) is 2.47. The minimum absolute atomic E-state index is 0.179. The zero-order valence-electron chi connectivity index (χ0n) is 10.8. The summed E-state index contributed by atoms with van der Waals surface area (Å²) in [4.78, 5) is 27.5. The summed E-state index contributed by atoms with van der Waals surface area (Å²) in [5, 5.41) is 7.30. The molecule has 1 aromatic carbocycles. The van der Waals surface area contributed by atoms with Gasteiger partial charge in [-0.05, 0) is 25.1 Å². The molecule has 0 spiro atoms. The summed E-state index contributed by atoms with van der Waals surface area (Å²) in [7, 11) is 0. The first kappa shape index (κ1) is 14.0. The fraction of sp³-hybridized carbons (Fsp3) is 0.154. The zero-order valence-corrected chi connectivity index (χ0v) is 11.7. The van der Waals surface area contributed by atoms with E-state index >= 15 is 0 Å². The molecule has 0 bridgehead atoms. The van der Waals surface area contributed by atoms with Crippen molar-refractivity contribution < 1.29 is 9.59 Å². The third-order valence-corrected chi connectivity index (χ3v) is 3.15. The average molecular weight is 290 g/mol. The van der Waals surface area contributed by atoms with Gasteiger partial charge in [0, 0.05) is 23.2 Å². The summed E-state index contributed by atoms with van der Waals surface area (Å²) in [6.45, 7) is 2.39. The van der Waals surface area contributed by atoms with E-state index in [1.54, 1.807) is 29.6 Å². The van der Waals surface area contributed by atoms with Gasteiger partial charge in [0.2, 0.25) is 0 Å². The second-order valence-electron chi connectivity index (χ2n) is 3.97. The van der Waals surface area contributed by atoms with Crippen molar-refractivity contribution in [3.05, 3.63) is 40.9 Å². The molecule has 0 aliphatic carbocycles. The molecule has 0 saturated carbocycles. The number of benzene rings is 1. The van der Waals surface area contributed by atoms with Crippen LogP contribution < -0.4 is 16.4 Å². The lowest BCUT2D eigenvalue weighted by Crippen LogP contribution is -2.22. The van der Waals surface area contributed by atoms with Crippen molar-refractivity contribution in [3.63, 3.8) is 0 Å². The van der Waals surface area contributed by atoms with Crippen LogP contribution in [0.5, 0.6) is 0 Å². The standard InChI is InChI=1S/C13H14N4O2S/c1-2-15-11(18)8-4-3-5-9(6-8)16-12(19)10-7-20-13(14)17-10/h3-7H,2H2,1H3,(H2,14,17)(H,15,18)(H,16,19). The Bertz CT molecular complexity index is 639. The Hall–Kier alpha value is -2.41. The number of nitrogens with two attached hydrogens (primary N) is 1. The van der Waals surface area contributed by atoms with Crippen LogP contribution in [-0.4, -0.2) is 23.3 Å². The molecule has 0 unspecified atom stereocenters. The normalized spacial score (nSPS) is 10.1. The van der Waals surface area contributed by atoms with Crippen molar-refractivity contribution in [2.75, 3.05) is 17.6 Å². The first-order chi connectivity index (χ1) is 9.60. The molecule has 1 heterocycles. The number of carbonyl (C=O) groups excluding carboxylic acids is 2. The highest BCUT2D eigenvalue weighted by Crippen LogP contribution is 2.15. The second kappa shape index (κ2) is 6.16. The van der Waals surface area contributed by atoms with Crippen molar-refractivity contribution in [3.8, 4) is 0 Å². The van der Waals surface area contributed by atoms with Gasteiger partial charge in [-0.1, -0.05) is 6.07 Å². The lowest BCUT2D eigenvalue weighted by atomic mass is 10.2. The highest BCUT2D eigenvalue weighted by molar-refractivity contribution is 7.13. The number of carbonyl (C=O) groups is 2. The van der Waals surface area contributed by atoms with Gasteiger partial charge >= 0.3 is 0 Å². The molecule has 0 aliphatic heterocycles. The highest BCUT2D eigenvalue weighted by Gasteiger charge is 2.11. The summed E-state index contributed by atoms with van der Waals surface area (Å²) < 4.78 is 0. The van der Waals surface area contributed by atoms with Crippen molar-refractivity contribution in [2.45, 2.75) is 6.92 Å². The van der Waals surface area contributed by atoms with Gasteiger partial charge in [-0.15, -0.1) is 11.3 Å². The van der Waals surface area contributed by atoms with E-state index in [2.05, 4.69) is 15.6 Å². The van der Waals surface area contributed by atoms with Crippen LogP contribution in [0.25, 0.3) is 0 Å². The number of nitrogens with zero attached hydrogens (tertiary/aromatic N) is 1. The predicted octanol–water partition coefficient (Wildman–Crippen LogP) is 1.73. The number of amides is 2. The molecule has 0 fully saturated rings. The van der Waals surface area contributed by atoms with Crippen LogP contribution in [0.2, 0.25) is 0 Å². The van der Waals surface area contributed by atoms with Crippen LogP contribution in [0.4, 0.5) is 10.8 Å². The van der Waals surface area contributed by atoms with Gasteiger partial charge in [0.25, 0.3) is 11.8 Å². The topological polar surface area (TPSA) is 97.1 Å². The maximum absolute atomic E-state index is 11.9. The second-order valence-corrected chi connectivity index (χ2v) is 4.86. The number of nitrogens with one attached hydrogen (secondary N) is 2. The monoisotopic (exact) mass is 290 g/mol. The molecular weight excluding hydrogens is 276 g/mol. The minimum Gasteiger partial charge on any atom is -0.375 e. The number of nitrogen functional groups attached to an aromatic ring is 1. The van der Waals surface area contributed by atoms with E-state index in [1.807, 2.05) is 6.92 Å². The summed E-state index contributed by atoms with van der Waals surface area (Å²) in [6.07, 6.45) is 0. The van der Waals surface area contributed by atoms with Crippen LogP contribution in [-0.2, 0) is 0 Å². The largest absolute Gasteiger partial charge is 0.375 e. The molecule has 104 valence electrons. The number of thiazole rings is 1. The molecule has 7 heteroatoms. The Morgan fingerprint density at radius 1 is 1.35 bits per heavy atom. The van der Waals surface area contributed by atoms with E-state index in [-0.39, 0.29) is 17.5 Å². The first-order valence-electron chi connectivity index (χ1n) is 6.00. The Morgan fingerprint density at radius 3 is 2.80 bits per heavy atom. The van der Waals surface area contributed by atoms with Gasteiger partial charge in [-0.2, -0.15) is 0 Å². The molecule has 0 aliphatic rings. The number of hydrogen-bond donors (Lipinski definition) is 3. The van der Waals surface area contributed by atoms with Crippen molar-refractivity contribution in [2.24, 2.45) is 0 Å². The molecule has 6 nitrogen and oxygen atoms in total. The van der Waals surface area contributed by atoms with E-state index in [1.165, 1.54) is 11.3 Å². The van der Waals surface area contributed by atoms with Crippen molar-refractivity contribution in [1.82, 2.24) is 10.3 Å². The van der Waals surface area contributed by atoms with E-state index in [0.717, 1.165) is 0 Å². The maximum Gasteiger partial charge on any atom is 0.275 e. The number of anilines is 2. The van der Waals surface area contributed by atoms with Crippen LogP contribution in [0.15, 0.2) is 29.6 Å². The smallest absolute Gasteiger partial charge is 0.275 e. The predicted molar refractivity (Wildman–Crippen MR) is 78.9 cm³/mol. The Balaban J connectivity index is 2.12. The lowest BCUT2D eigenvalue weighted by Gasteiger charge is -2.06. The molecule has 2 amide bonds. The molecule has 2 aromatic rings. The van der Waals surface area contributed by atoms with Gasteiger partial charge in [-0.25, -0.2) is 4.98 Å². The van der Waals surface area contributed by atoms with Gasteiger partial charge in [0.1, 0.15) is 5.69 Å². The minimum atomic E-state index is -0.356. The Kier molecular flexibility index (Phi) is 4.31. The molecule has 1 aromatic heterocycles. The lowest BCUT2D eigenvalue weighted by molar-refractivity contribution is 0.0954. The van der Waals surface area contributed by atoms with Crippen molar-refractivity contribution in [1.29, 1.82) is 0 Å². The van der Waals surface area contributed by atoms with E-state index < -0.39 is 0 Å². The SMILES string of the molecule is CCNC(=O)c1cccc(NC(=O)c2csc(N)n2)c1. The molecule has 20 heavy (non-hydrogen) atoms. The molecular formula is C13H14N4O2S. The fourth-order valence-electron chi connectivity index (χ4n) is 1.59. The molecule has 0 saturated heterocycles. The number of rotatable bonds is 4. The van der Waals surface area contributed by atoms with E-state index in [0.29, 0.717) is 22.9 Å². The summed E-state index contributed by atoms with van der Waals surface area (Å²) in [6, 6.07) is 6.70. The van der Waals surface area contributed by atoms with E-state index in [9.17, 15) is 9.59 Å². The molecule has 2 rings (SSSR count). The molecule has 0 radical (unpaired) electrons. The quantitative estimate of drug-likeness (QED) is 0.798. The summed E-state index contributed by atoms with van der Waals surface area (Å²) in [5.41, 5.74) is 6.76. The zero-order chi connectivity index (χ0) is 14.5. The van der Waals surface area contributed by atoms with Crippen molar-refractivity contribution >= 4 is 34.0 Å². The van der Waals surface area contributed by atoms with Crippen LogP contribution in [0.3, 0.4) is 0 Å². The van der Waals surface area contributed by atoms with Crippen LogP contribution >= 0.6 is 11.3 Å². The van der Waals surface area contributed by atoms with Gasteiger partial charge in [0.05, 0.1) is 0 Å². The fourth-order valence-corrected chi connectivity index (χ4v) is 2.13. The molecule has 0 atom stereocenters. The van der Waals surface area contributed by atoms with Crippen LogP contribution in [0.1, 0.15) is 27.8 Å². The van der Waals surface area contributed by atoms with Gasteiger partial charge in [-0.3, -0.25) is 9.59 Å². The number of hydrogen-bond acceptors (Lipinski definition) is 5. The van der Waals surface area contributed by atoms with Gasteiger partial charge < -0.3 is 16.4 Å². The Labute approximate surface area is 120 Å². The summed E-state index contributed by atoms with van der Waals surface area (Å²) >= 11 is 1.20.